The number of aromatic nitrogens is 3. The van der Waals surface area contributed by atoms with Gasteiger partial charge in [-0.05, 0) is 28.1 Å². The lowest BCUT2D eigenvalue weighted by molar-refractivity contribution is 0.555. The summed E-state index contributed by atoms with van der Waals surface area (Å²) in [5, 5.41) is 0. The lowest BCUT2D eigenvalue weighted by atomic mass is 10.1. The van der Waals surface area contributed by atoms with Gasteiger partial charge in [0.25, 0.3) is 0 Å². The fourth-order valence-electron chi connectivity index (χ4n) is 1.57. The second kappa shape index (κ2) is 3.34. The predicted molar refractivity (Wildman–Crippen MR) is 62.1 cm³/mol. The van der Waals surface area contributed by atoms with Crippen molar-refractivity contribution in [2.24, 2.45) is 0 Å². The van der Waals surface area contributed by atoms with E-state index in [9.17, 15) is 4.79 Å². The molecule has 2 heterocycles. The minimum atomic E-state index is -0.451. The summed E-state index contributed by atoms with van der Waals surface area (Å²) in [6.07, 6.45) is 1.59. The van der Waals surface area contributed by atoms with Crippen LogP contribution < -0.4 is 5.76 Å². The lowest BCUT2D eigenvalue weighted by Gasteiger charge is -1.96. The fourth-order valence-corrected chi connectivity index (χ4v) is 2.01. The van der Waals surface area contributed by atoms with Crippen molar-refractivity contribution < 1.29 is 4.42 Å². The number of benzene rings is 1. The maximum absolute atomic E-state index is 11.0. The lowest BCUT2D eigenvalue weighted by Crippen LogP contribution is -1.92. The van der Waals surface area contributed by atoms with Gasteiger partial charge in [0.15, 0.2) is 5.58 Å². The first-order valence-corrected chi connectivity index (χ1v) is 5.35. The molecule has 0 unspecified atom stereocenters. The highest BCUT2D eigenvalue weighted by molar-refractivity contribution is 9.10. The summed E-state index contributed by atoms with van der Waals surface area (Å²) in [6, 6.07) is 5.43. The van der Waals surface area contributed by atoms with Gasteiger partial charge in [-0.25, -0.2) is 9.78 Å². The molecule has 0 amide bonds. The van der Waals surface area contributed by atoms with Crippen LogP contribution in [0.1, 0.15) is 0 Å². The Kier molecular flexibility index (Phi) is 1.97. The number of imidazole rings is 1. The molecule has 2 N–H and O–H groups in total. The Morgan fingerprint density at radius 3 is 3.00 bits per heavy atom. The second-order valence-corrected chi connectivity index (χ2v) is 4.08. The third kappa shape index (κ3) is 1.38. The van der Waals surface area contributed by atoms with Gasteiger partial charge in [0.1, 0.15) is 10.3 Å². The summed E-state index contributed by atoms with van der Waals surface area (Å²) in [5.41, 5.74) is 2.87. The molecule has 0 saturated carbocycles. The van der Waals surface area contributed by atoms with E-state index in [-0.39, 0.29) is 0 Å². The molecule has 3 aromatic rings. The normalized spacial score (nSPS) is 11.1. The number of nitrogens with one attached hydrogen (secondary N) is 2. The third-order valence-electron chi connectivity index (χ3n) is 2.29. The number of hydrogen-bond acceptors (Lipinski definition) is 3. The van der Waals surface area contributed by atoms with E-state index in [0.29, 0.717) is 11.1 Å². The van der Waals surface area contributed by atoms with E-state index in [1.807, 2.05) is 6.07 Å². The van der Waals surface area contributed by atoms with Gasteiger partial charge in [0, 0.05) is 5.56 Å². The number of hydrogen-bond donors (Lipinski definition) is 2. The van der Waals surface area contributed by atoms with Gasteiger partial charge in [-0.3, -0.25) is 4.98 Å². The van der Waals surface area contributed by atoms with Crippen molar-refractivity contribution in [3.63, 3.8) is 0 Å². The molecule has 3 rings (SSSR count). The first-order chi connectivity index (χ1) is 7.74. The summed E-state index contributed by atoms with van der Waals surface area (Å²) in [5.74, 6) is -0.451. The van der Waals surface area contributed by atoms with Crippen molar-refractivity contribution in [2.45, 2.75) is 0 Å². The number of halogens is 1. The zero-order chi connectivity index (χ0) is 11.1. The van der Waals surface area contributed by atoms with Gasteiger partial charge in [-0.1, -0.05) is 6.07 Å². The fraction of sp³-hybridized carbons (Fsp3) is 0. The van der Waals surface area contributed by atoms with Crippen LogP contribution in [0.25, 0.3) is 22.4 Å². The minimum Gasteiger partial charge on any atom is -0.408 e. The first-order valence-electron chi connectivity index (χ1n) is 4.56. The van der Waals surface area contributed by atoms with E-state index in [1.54, 1.807) is 18.5 Å². The van der Waals surface area contributed by atoms with E-state index < -0.39 is 5.76 Å². The summed E-state index contributed by atoms with van der Waals surface area (Å²) in [6.45, 7) is 0. The van der Waals surface area contributed by atoms with Crippen LogP contribution >= 0.6 is 15.9 Å². The van der Waals surface area contributed by atoms with E-state index in [1.165, 1.54) is 0 Å². The number of rotatable bonds is 1. The summed E-state index contributed by atoms with van der Waals surface area (Å²) in [4.78, 5) is 20.7. The summed E-state index contributed by atoms with van der Waals surface area (Å²) < 4.78 is 5.78. The van der Waals surface area contributed by atoms with Crippen LogP contribution in [0, 0.1) is 0 Å². The Morgan fingerprint density at radius 1 is 1.38 bits per heavy atom. The standard InChI is InChI=1S/C10H6BrN3O2/c11-9-8(12-4-13-9)5-1-2-6-7(3-5)16-10(15)14-6/h1-4H,(H,12,13)(H,14,15). The molecule has 16 heavy (non-hydrogen) atoms. The van der Waals surface area contributed by atoms with Gasteiger partial charge in [0.2, 0.25) is 0 Å². The zero-order valence-electron chi connectivity index (χ0n) is 7.95. The molecule has 6 heteroatoms. The molecule has 1 aromatic carbocycles. The highest BCUT2D eigenvalue weighted by Gasteiger charge is 2.08. The zero-order valence-corrected chi connectivity index (χ0v) is 9.54. The van der Waals surface area contributed by atoms with Crippen LogP contribution in [0.2, 0.25) is 0 Å². The molecule has 2 aromatic heterocycles. The number of fused-ring (bicyclic) bond motifs is 1. The Morgan fingerprint density at radius 2 is 2.25 bits per heavy atom. The molecule has 0 aliphatic rings. The Bertz CT molecular complexity index is 710. The molecule has 5 nitrogen and oxygen atoms in total. The van der Waals surface area contributed by atoms with Crippen LogP contribution in [0.5, 0.6) is 0 Å². The van der Waals surface area contributed by atoms with E-state index >= 15 is 0 Å². The SMILES string of the molecule is O=c1[nH]c2ccc(-c3nc[nH]c3Br)cc2o1. The van der Waals surface area contributed by atoms with Gasteiger partial charge in [-0.2, -0.15) is 0 Å². The average Bonchev–Trinajstić information content (AvgIpc) is 2.81. The number of oxazole rings is 1. The van der Waals surface area contributed by atoms with Crippen LogP contribution in [0.4, 0.5) is 0 Å². The van der Waals surface area contributed by atoms with Gasteiger partial charge in [-0.15, -0.1) is 0 Å². The highest BCUT2D eigenvalue weighted by atomic mass is 79.9. The molecule has 0 aliphatic carbocycles. The predicted octanol–water partition coefficient (Wildman–Crippen LogP) is 2.27. The number of H-pyrrole nitrogens is 2. The molecule has 0 saturated heterocycles. The summed E-state index contributed by atoms with van der Waals surface area (Å²) >= 11 is 3.35. The molecule has 0 aliphatic heterocycles. The van der Waals surface area contributed by atoms with Crippen molar-refractivity contribution in [1.82, 2.24) is 15.0 Å². The Labute approximate surface area is 97.6 Å². The van der Waals surface area contributed by atoms with Crippen molar-refractivity contribution in [1.29, 1.82) is 0 Å². The average molecular weight is 280 g/mol. The van der Waals surface area contributed by atoms with Crippen molar-refractivity contribution >= 4 is 27.0 Å². The van der Waals surface area contributed by atoms with Gasteiger partial charge in [0.05, 0.1) is 11.8 Å². The van der Waals surface area contributed by atoms with Crippen LogP contribution in [0.3, 0.4) is 0 Å². The molecule has 0 radical (unpaired) electrons. The Balaban J connectivity index is 2.26. The first kappa shape index (κ1) is 9.41. The van der Waals surface area contributed by atoms with E-state index in [0.717, 1.165) is 15.9 Å². The minimum absolute atomic E-state index is 0.451. The second-order valence-electron chi connectivity index (χ2n) is 3.29. The van der Waals surface area contributed by atoms with Crippen LogP contribution in [0.15, 0.2) is 38.3 Å². The molecule has 80 valence electrons. The van der Waals surface area contributed by atoms with E-state index in [4.69, 9.17) is 4.42 Å². The molecular weight excluding hydrogens is 274 g/mol. The Hall–Kier alpha value is -1.82. The maximum atomic E-state index is 11.0. The third-order valence-corrected chi connectivity index (χ3v) is 2.89. The topological polar surface area (TPSA) is 74.7 Å². The highest BCUT2D eigenvalue weighted by Crippen LogP contribution is 2.26. The quantitative estimate of drug-likeness (QED) is 0.718. The number of nitrogens with zero attached hydrogens (tertiary/aromatic N) is 1. The summed E-state index contributed by atoms with van der Waals surface area (Å²) in [7, 11) is 0. The molecule has 0 atom stereocenters. The molecule has 0 fully saturated rings. The van der Waals surface area contributed by atoms with Gasteiger partial charge < -0.3 is 9.40 Å². The van der Waals surface area contributed by atoms with Crippen molar-refractivity contribution in [3.8, 4) is 11.3 Å². The molecular formula is C10H6BrN3O2. The van der Waals surface area contributed by atoms with Crippen molar-refractivity contribution in [3.05, 3.63) is 39.7 Å². The van der Waals surface area contributed by atoms with E-state index in [2.05, 4.69) is 30.9 Å². The molecule has 0 bridgehead atoms. The molecule has 0 spiro atoms. The monoisotopic (exact) mass is 279 g/mol. The maximum Gasteiger partial charge on any atom is 0.417 e. The van der Waals surface area contributed by atoms with Crippen molar-refractivity contribution in [2.75, 3.05) is 0 Å². The van der Waals surface area contributed by atoms with Gasteiger partial charge >= 0.3 is 5.76 Å². The van der Waals surface area contributed by atoms with Crippen LogP contribution in [-0.4, -0.2) is 15.0 Å². The largest absolute Gasteiger partial charge is 0.417 e. The smallest absolute Gasteiger partial charge is 0.408 e. The van der Waals surface area contributed by atoms with Crippen LogP contribution in [-0.2, 0) is 0 Å². The number of aromatic amines is 2.